The molecule has 0 spiro atoms. The third-order valence-electron chi connectivity index (χ3n) is 6.41. The fraction of sp³-hybridized carbons (Fsp3) is 0.344. The lowest BCUT2D eigenvalue weighted by Crippen LogP contribution is -2.37. The topological polar surface area (TPSA) is 69.0 Å². The van der Waals surface area contributed by atoms with E-state index in [4.69, 9.17) is 19.3 Å². The van der Waals surface area contributed by atoms with Crippen LogP contribution in [0.1, 0.15) is 30.7 Å². The lowest BCUT2D eigenvalue weighted by molar-refractivity contribution is 0.0609. The van der Waals surface area contributed by atoms with Gasteiger partial charge in [0.25, 0.3) is 0 Å². The van der Waals surface area contributed by atoms with Crippen molar-refractivity contribution < 1.29 is 19.3 Å². The number of aliphatic hydroxyl groups is 1. The average Bonchev–Trinajstić information content (AvgIpc) is 3.23. The highest BCUT2D eigenvalue weighted by molar-refractivity contribution is 5.44. The second-order valence-electron chi connectivity index (χ2n) is 10.2. The summed E-state index contributed by atoms with van der Waals surface area (Å²) in [6.45, 7) is 10.4. The summed E-state index contributed by atoms with van der Waals surface area (Å²) in [6, 6.07) is 25.4. The molecule has 1 heterocycles. The molecule has 0 radical (unpaired) electrons. The van der Waals surface area contributed by atoms with Crippen molar-refractivity contribution in [2.45, 2.75) is 40.3 Å². The number of benzene rings is 3. The fourth-order valence-corrected chi connectivity index (χ4v) is 4.52. The summed E-state index contributed by atoms with van der Waals surface area (Å²) in [5.41, 5.74) is 3.81. The molecule has 7 heteroatoms. The van der Waals surface area contributed by atoms with E-state index in [1.807, 2.05) is 97.4 Å². The number of aryl methyl sites for hydroxylation is 2. The first-order valence-corrected chi connectivity index (χ1v) is 13.4. The van der Waals surface area contributed by atoms with Gasteiger partial charge in [0.2, 0.25) is 5.88 Å². The van der Waals surface area contributed by atoms with Crippen molar-refractivity contribution in [1.82, 2.24) is 14.7 Å². The molecule has 0 saturated carbocycles. The Labute approximate surface area is 231 Å². The molecule has 0 saturated heterocycles. The number of aromatic nitrogens is 2. The number of aliphatic hydroxyl groups excluding tert-OH is 1. The maximum atomic E-state index is 10.9. The zero-order valence-corrected chi connectivity index (χ0v) is 23.5. The molecule has 1 N–H and O–H groups in total. The molecule has 3 aromatic carbocycles. The Morgan fingerprint density at radius 1 is 0.872 bits per heavy atom. The highest BCUT2D eigenvalue weighted by Crippen LogP contribution is 2.32. The Kier molecular flexibility index (Phi) is 9.63. The van der Waals surface area contributed by atoms with Crippen LogP contribution >= 0.6 is 0 Å². The number of ether oxygens (including phenoxy) is 3. The maximum absolute atomic E-state index is 10.9. The van der Waals surface area contributed by atoms with E-state index in [2.05, 4.69) is 18.7 Å². The van der Waals surface area contributed by atoms with Gasteiger partial charge in [-0.3, -0.25) is 4.90 Å². The van der Waals surface area contributed by atoms with Gasteiger partial charge in [0.1, 0.15) is 30.0 Å². The van der Waals surface area contributed by atoms with Crippen LogP contribution in [0.25, 0.3) is 5.69 Å². The molecule has 39 heavy (non-hydrogen) atoms. The van der Waals surface area contributed by atoms with Gasteiger partial charge in [0.05, 0.1) is 24.1 Å². The summed E-state index contributed by atoms with van der Waals surface area (Å²) >= 11 is 0. The van der Waals surface area contributed by atoms with Crippen LogP contribution in [0.3, 0.4) is 0 Å². The molecule has 0 aliphatic carbocycles. The van der Waals surface area contributed by atoms with Gasteiger partial charge in [-0.15, -0.1) is 0 Å². The highest BCUT2D eigenvalue weighted by atomic mass is 16.5. The minimum atomic E-state index is -0.654. The fourth-order valence-electron chi connectivity index (χ4n) is 4.52. The zero-order chi connectivity index (χ0) is 27.8. The van der Waals surface area contributed by atoms with E-state index in [1.165, 1.54) is 0 Å². The molecule has 206 valence electrons. The van der Waals surface area contributed by atoms with Crippen molar-refractivity contribution in [2.24, 2.45) is 5.92 Å². The van der Waals surface area contributed by atoms with E-state index in [9.17, 15) is 5.11 Å². The van der Waals surface area contributed by atoms with Crippen LogP contribution in [0.4, 0.5) is 0 Å². The van der Waals surface area contributed by atoms with E-state index in [-0.39, 0.29) is 6.61 Å². The number of methoxy groups -OCH3 is 1. The summed E-state index contributed by atoms with van der Waals surface area (Å²) < 4.78 is 19.6. The van der Waals surface area contributed by atoms with E-state index in [0.717, 1.165) is 40.6 Å². The van der Waals surface area contributed by atoms with Crippen LogP contribution in [-0.4, -0.2) is 52.7 Å². The molecule has 0 aliphatic heterocycles. The molecule has 0 amide bonds. The Bertz CT molecular complexity index is 1320. The molecule has 1 aromatic heterocycles. The minimum absolute atomic E-state index is 0.219. The van der Waals surface area contributed by atoms with E-state index in [0.29, 0.717) is 30.6 Å². The van der Waals surface area contributed by atoms with Gasteiger partial charge in [-0.2, -0.15) is 5.10 Å². The van der Waals surface area contributed by atoms with Crippen molar-refractivity contribution in [1.29, 1.82) is 0 Å². The molecule has 0 unspecified atom stereocenters. The highest BCUT2D eigenvalue weighted by Gasteiger charge is 2.23. The molecule has 0 bridgehead atoms. The Morgan fingerprint density at radius 2 is 1.54 bits per heavy atom. The van der Waals surface area contributed by atoms with Crippen LogP contribution < -0.4 is 14.2 Å². The summed E-state index contributed by atoms with van der Waals surface area (Å²) in [4.78, 5) is 2.25. The first kappa shape index (κ1) is 28.2. The summed E-state index contributed by atoms with van der Waals surface area (Å²) in [5, 5.41) is 15.8. The normalized spacial score (nSPS) is 12.1. The van der Waals surface area contributed by atoms with Gasteiger partial charge in [-0.1, -0.05) is 50.2 Å². The van der Waals surface area contributed by atoms with Crippen molar-refractivity contribution in [2.75, 3.05) is 26.8 Å². The van der Waals surface area contributed by atoms with Crippen molar-refractivity contribution >= 4 is 0 Å². The lowest BCUT2D eigenvalue weighted by Gasteiger charge is -2.27. The predicted molar refractivity (Wildman–Crippen MR) is 154 cm³/mol. The summed E-state index contributed by atoms with van der Waals surface area (Å²) in [6.07, 6.45) is -0.654. The van der Waals surface area contributed by atoms with Crippen LogP contribution in [0.5, 0.6) is 23.1 Å². The lowest BCUT2D eigenvalue weighted by atomic mass is 10.1. The largest absolute Gasteiger partial charge is 0.497 e. The van der Waals surface area contributed by atoms with Gasteiger partial charge >= 0.3 is 0 Å². The smallest absolute Gasteiger partial charge is 0.227 e. The molecule has 0 aliphatic rings. The third-order valence-corrected chi connectivity index (χ3v) is 6.41. The minimum Gasteiger partial charge on any atom is -0.497 e. The molecule has 1 atom stereocenters. The molecule has 0 fully saturated rings. The SMILES string of the molecule is COc1ccc(Oc2c(CN(CC(C)C)C[C@H](O)COc3ccccc3C)c(C)nn2-c2ccccc2)cc1. The maximum Gasteiger partial charge on any atom is 0.227 e. The van der Waals surface area contributed by atoms with Crippen LogP contribution in [0.2, 0.25) is 0 Å². The van der Waals surface area contributed by atoms with Gasteiger partial charge in [0.15, 0.2) is 0 Å². The quantitative estimate of drug-likeness (QED) is 0.223. The van der Waals surface area contributed by atoms with Crippen molar-refractivity contribution in [3.63, 3.8) is 0 Å². The Morgan fingerprint density at radius 3 is 2.21 bits per heavy atom. The van der Waals surface area contributed by atoms with Crippen molar-refractivity contribution in [3.8, 4) is 28.8 Å². The number of nitrogens with zero attached hydrogens (tertiary/aromatic N) is 3. The second-order valence-corrected chi connectivity index (χ2v) is 10.2. The number of rotatable bonds is 13. The average molecular weight is 530 g/mol. The monoisotopic (exact) mass is 529 g/mol. The van der Waals surface area contributed by atoms with Gasteiger partial charge < -0.3 is 19.3 Å². The van der Waals surface area contributed by atoms with Gasteiger partial charge in [-0.25, -0.2) is 4.68 Å². The van der Waals surface area contributed by atoms with Crippen LogP contribution in [0, 0.1) is 19.8 Å². The predicted octanol–water partition coefficient (Wildman–Crippen LogP) is 6.19. The van der Waals surface area contributed by atoms with Gasteiger partial charge in [0, 0.05) is 19.6 Å². The molecule has 4 aromatic rings. The van der Waals surface area contributed by atoms with E-state index < -0.39 is 6.10 Å². The number of hydrogen-bond acceptors (Lipinski definition) is 6. The Hall–Kier alpha value is -3.81. The zero-order valence-electron chi connectivity index (χ0n) is 23.5. The first-order chi connectivity index (χ1) is 18.8. The molecular weight excluding hydrogens is 490 g/mol. The summed E-state index contributed by atoms with van der Waals surface area (Å²) in [7, 11) is 1.64. The molecular formula is C32H39N3O4. The molecule has 4 rings (SSSR count). The Balaban J connectivity index is 1.59. The van der Waals surface area contributed by atoms with Gasteiger partial charge in [-0.05, 0) is 67.8 Å². The first-order valence-electron chi connectivity index (χ1n) is 13.4. The van der Waals surface area contributed by atoms with Crippen molar-refractivity contribution in [3.05, 3.63) is 95.7 Å². The molecule has 7 nitrogen and oxygen atoms in total. The number of hydrogen-bond donors (Lipinski definition) is 1. The second kappa shape index (κ2) is 13.3. The van der Waals surface area contributed by atoms with E-state index >= 15 is 0 Å². The van der Waals surface area contributed by atoms with E-state index in [1.54, 1.807) is 7.11 Å². The number of para-hydroxylation sites is 2. The van der Waals surface area contributed by atoms with Crippen LogP contribution in [0.15, 0.2) is 78.9 Å². The summed E-state index contributed by atoms with van der Waals surface area (Å²) in [5.74, 6) is 3.31. The van der Waals surface area contributed by atoms with Crippen LogP contribution in [-0.2, 0) is 6.54 Å². The third kappa shape index (κ3) is 7.62. The standard InChI is InChI=1S/C32H39N3O4/c1-23(2)19-34(20-27(36)22-38-31-14-10-9-11-24(31)3)21-30-25(4)33-35(26-12-7-6-8-13-26)32(30)39-29-17-15-28(37-5)16-18-29/h6-18,23,27,36H,19-22H2,1-5H3/t27-/m0/s1.